The van der Waals surface area contributed by atoms with Gasteiger partial charge in [0.2, 0.25) is 0 Å². The number of amides is 3. The number of carbonyl (C=O) groups excluding carboxylic acids is 2. The molecular weight excluding hydrogens is 492 g/mol. The van der Waals surface area contributed by atoms with E-state index < -0.39 is 0 Å². The van der Waals surface area contributed by atoms with Crippen LogP contribution >= 0.6 is 15.9 Å². The number of piperidine rings is 1. The molecule has 1 atom stereocenters. The van der Waals surface area contributed by atoms with Gasteiger partial charge in [0.25, 0.3) is 5.91 Å². The Balaban J connectivity index is 1.55. The summed E-state index contributed by atoms with van der Waals surface area (Å²) in [5.74, 6) is -0.159. The Hall–Kier alpha value is -3.32. The van der Waals surface area contributed by atoms with Gasteiger partial charge in [0.05, 0.1) is 11.6 Å². The first-order valence-corrected chi connectivity index (χ1v) is 12.4. The molecule has 1 aliphatic heterocycles. The van der Waals surface area contributed by atoms with Gasteiger partial charge >= 0.3 is 6.03 Å². The minimum atomic E-state index is -0.368. The van der Waals surface area contributed by atoms with Gasteiger partial charge in [-0.25, -0.2) is 4.79 Å². The fourth-order valence-corrected chi connectivity index (χ4v) is 4.56. The molecule has 0 saturated carbocycles. The fourth-order valence-electron chi connectivity index (χ4n) is 4.17. The molecule has 1 fully saturated rings. The lowest BCUT2D eigenvalue weighted by atomic mass is 10.0. The highest BCUT2D eigenvalue weighted by Crippen LogP contribution is 2.28. The second kappa shape index (κ2) is 11.2. The molecule has 6 nitrogen and oxygen atoms in total. The Labute approximate surface area is 208 Å². The summed E-state index contributed by atoms with van der Waals surface area (Å²) in [7, 11) is 0. The molecule has 176 valence electrons. The van der Waals surface area contributed by atoms with E-state index in [1.807, 2.05) is 73.7 Å². The van der Waals surface area contributed by atoms with Crippen molar-refractivity contribution in [1.82, 2.24) is 5.32 Å². The quantitative estimate of drug-likeness (QED) is 0.343. The molecule has 3 aromatic rings. The summed E-state index contributed by atoms with van der Waals surface area (Å²) in [4.78, 5) is 28.2. The summed E-state index contributed by atoms with van der Waals surface area (Å²) >= 11 is 3.41. The highest BCUT2D eigenvalue weighted by molar-refractivity contribution is 9.10. The minimum absolute atomic E-state index is 0.139. The number of nitrogens with zero attached hydrogens (tertiary/aromatic N) is 1. The molecule has 1 unspecified atom stereocenters. The van der Waals surface area contributed by atoms with Crippen LogP contribution in [0.15, 0.2) is 77.3 Å². The average molecular weight is 521 g/mol. The molecule has 1 saturated heterocycles. The van der Waals surface area contributed by atoms with E-state index in [0.29, 0.717) is 16.9 Å². The van der Waals surface area contributed by atoms with E-state index in [1.165, 1.54) is 6.42 Å². The number of hydrogen-bond donors (Lipinski definition) is 3. The van der Waals surface area contributed by atoms with Gasteiger partial charge in [-0.15, -0.1) is 0 Å². The van der Waals surface area contributed by atoms with Gasteiger partial charge in [-0.3, -0.25) is 4.79 Å². The number of hydrogen-bond acceptors (Lipinski definition) is 3. The molecule has 0 spiro atoms. The molecule has 1 heterocycles. The van der Waals surface area contributed by atoms with E-state index in [0.717, 1.165) is 41.7 Å². The molecule has 4 rings (SSSR count). The number of benzene rings is 3. The number of carbonyl (C=O) groups is 2. The van der Waals surface area contributed by atoms with E-state index in [9.17, 15) is 9.59 Å². The van der Waals surface area contributed by atoms with Gasteiger partial charge in [0.1, 0.15) is 0 Å². The lowest BCUT2D eigenvalue weighted by molar-refractivity contribution is 0.0940. The van der Waals surface area contributed by atoms with Crippen LogP contribution in [0.3, 0.4) is 0 Å². The third kappa shape index (κ3) is 6.17. The van der Waals surface area contributed by atoms with Crippen molar-refractivity contribution in [2.45, 2.75) is 32.2 Å². The maximum absolute atomic E-state index is 13.4. The summed E-state index contributed by atoms with van der Waals surface area (Å²) in [6.07, 6.45) is 3.42. The van der Waals surface area contributed by atoms with Gasteiger partial charge < -0.3 is 20.9 Å². The van der Waals surface area contributed by atoms with Gasteiger partial charge in [-0.1, -0.05) is 52.3 Å². The second-order valence-electron chi connectivity index (χ2n) is 8.47. The summed E-state index contributed by atoms with van der Waals surface area (Å²) in [5, 5.41) is 8.80. The molecule has 3 N–H and O–H groups in total. The number of nitrogens with one attached hydrogen (secondary N) is 3. The average Bonchev–Trinajstić information content (AvgIpc) is 2.85. The summed E-state index contributed by atoms with van der Waals surface area (Å²) < 4.78 is 0.877. The van der Waals surface area contributed by atoms with Crippen molar-refractivity contribution in [3.63, 3.8) is 0 Å². The van der Waals surface area contributed by atoms with Crippen molar-refractivity contribution in [2.75, 3.05) is 28.6 Å². The van der Waals surface area contributed by atoms with Gasteiger partial charge in [0, 0.05) is 34.6 Å². The smallest absolute Gasteiger partial charge is 0.323 e. The first-order chi connectivity index (χ1) is 16.5. The Morgan fingerprint density at radius 2 is 1.56 bits per heavy atom. The van der Waals surface area contributed by atoms with Crippen LogP contribution in [-0.4, -0.2) is 25.0 Å². The Kier molecular flexibility index (Phi) is 7.85. The number of urea groups is 1. The standard InChI is InChI=1S/C27H29BrN4O2/c1-19(20-9-4-2-5-10-20)29-26(33)24-18-23(13-14-25(24)32-15-6-3-7-16-32)31-27(34)30-22-12-8-11-21(28)17-22/h2,4-5,8-14,17-19H,3,6-7,15-16H2,1H3,(H,29,33)(H2,30,31,34). The third-order valence-electron chi connectivity index (χ3n) is 5.93. The zero-order valence-corrected chi connectivity index (χ0v) is 20.8. The fraction of sp³-hybridized carbons (Fsp3) is 0.259. The maximum atomic E-state index is 13.4. The summed E-state index contributed by atoms with van der Waals surface area (Å²) in [6.45, 7) is 3.82. The number of rotatable bonds is 6. The molecule has 3 amide bonds. The van der Waals surface area contributed by atoms with Crippen LogP contribution < -0.4 is 20.9 Å². The molecule has 7 heteroatoms. The predicted octanol–water partition coefficient (Wildman–Crippen LogP) is 6.57. The van der Waals surface area contributed by atoms with Crippen molar-refractivity contribution < 1.29 is 9.59 Å². The zero-order valence-electron chi connectivity index (χ0n) is 19.2. The lowest BCUT2D eigenvalue weighted by Gasteiger charge is -2.31. The molecule has 0 aliphatic carbocycles. The SMILES string of the molecule is CC(NC(=O)c1cc(NC(=O)Nc2cccc(Br)c2)ccc1N1CCCCC1)c1ccccc1. The van der Waals surface area contributed by atoms with E-state index >= 15 is 0 Å². The van der Waals surface area contributed by atoms with Gasteiger partial charge in [-0.05, 0) is 68.1 Å². The minimum Gasteiger partial charge on any atom is -0.371 e. The third-order valence-corrected chi connectivity index (χ3v) is 6.42. The van der Waals surface area contributed by atoms with E-state index in [4.69, 9.17) is 0 Å². The molecule has 0 aromatic heterocycles. The van der Waals surface area contributed by atoms with E-state index in [1.54, 1.807) is 6.07 Å². The van der Waals surface area contributed by atoms with Crippen molar-refractivity contribution >= 4 is 44.9 Å². The van der Waals surface area contributed by atoms with Gasteiger partial charge in [0.15, 0.2) is 0 Å². The van der Waals surface area contributed by atoms with Crippen LogP contribution in [0.5, 0.6) is 0 Å². The van der Waals surface area contributed by atoms with Crippen LogP contribution in [-0.2, 0) is 0 Å². The number of anilines is 3. The monoisotopic (exact) mass is 520 g/mol. The molecule has 34 heavy (non-hydrogen) atoms. The Morgan fingerprint density at radius 1 is 0.853 bits per heavy atom. The first-order valence-electron chi connectivity index (χ1n) is 11.6. The molecule has 0 bridgehead atoms. The van der Waals surface area contributed by atoms with Crippen molar-refractivity contribution in [1.29, 1.82) is 0 Å². The molecular formula is C27H29BrN4O2. The van der Waals surface area contributed by atoms with Crippen LogP contribution in [0.1, 0.15) is 48.1 Å². The van der Waals surface area contributed by atoms with Crippen molar-refractivity contribution in [3.05, 3.63) is 88.4 Å². The molecule has 3 aromatic carbocycles. The van der Waals surface area contributed by atoms with Crippen LogP contribution in [0.4, 0.5) is 21.9 Å². The Morgan fingerprint density at radius 3 is 2.26 bits per heavy atom. The summed E-state index contributed by atoms with van der Waals surface area (Å²) in [5.41, 5.74) is 3.73. The normalized spacial score (nSPS) is 14.2. The topological polar surface area (TPSA) is 73.5 Å². The zero-order chi connectivity index (χ0) is 23.9. The second-order valence-corrected chi connectivity index (χ2v) is 9.39. The van der Waals surface area contributed by atoms with Crippen LogP contribution in [0.2, 0.25) is 0 Å². The van der Waals surface area contributed by atoms with Crippen LogP contribution in [0, 0.1) is 0 Å². The Bertz CT molecular complexity index is 1150. The molecule has 0 radical (unpaired) electrons. The highest BCUT2D eigenvalue weighted by atomic mass is 79.9. The predicted molar refractivity (Wildman–Crippen MR) is 142 cm³/mol. The van der Waals surface area contributed by atoms with Gasteiger partial charge in [-0.2, -0.15) is 0 Å². The largest absolute Gasteiger partial charge is 0.371 e. The highest BCUT2D eigenvalue weighted by Gasteiger charge is 2.21. The molecule has 1 aliphatic rings. The first kappa shape index (κ1) is 23.8. The van der Waals surface area contributed by atoms with E-state index in [-0.39, 0.29) is 18.0 Å². The number of halogens is 1. The lowest BCUT2D eigenvalue weighted by Crippen LogP contribution is -2.33. The maximum Gasteiger partial charge on any atom is 0.323 e. The summed E-state index contributed by atoms with van der Waals surface area (Å²) in [6, 6.07) is 22.3. The van der Waals surface area contributed by atoms with Crippen molar-refractivity contribution in [3.8, 4) is 0 Å². The van der Waals surface area contributed by atoms with Crippen molar-refractivity contribution in [2.24, 2.45) is 0 Å². The van der Waals surface area contributed by atoms with Crippen LogP contribution in [0.25, 0.3) is 0 Å². The van der Waals surface area contributed by atoms with E-state index in [2.05, 4.69) is 36.8 Å².